The largest absolute Gasteiger partial charge is 0.481 e. The molecule has 1 aromatic rings. The van der Waals surface area contributed by atoms with Crippen molar-refractivity contribution < 1.29 is 23.1 Å². The third-order valence-corrected chi connectivity index (χ3v) is 6.29. The van der Waals surface area contributed by atoms with Crippen LogP contribution in [-0.2, 0) is 14.6 Å². The maximum atomic E-state index is 12.7. The first kappa shape index (κ1) is 16.8. The molecule has 0 bridgehead atoms. The summed E-state index contributed by atoms with van der Waals surface area (Å²) in [5.74, 6) is -1.22. The van der Waals surface area contributed by atoms with Crippen LogP contribution >= 0.6 is 0 Å². The molecule has 3 heterocycles. The Kier molecular flexibility index (Phi) is 4.55. The zero-order chi connectivity index (χ0) is 17.3. The molecule has 0 aromatic carbocycles. The third kappa shape index (κ3) is 3.41. The van der Waals surface area contributed by atoms with Gasteiger partial charge in [0.05, 0.1) is 24.0 Å². The second-order valence-corrected chi connectivity index (χ2v) is 8.28. The van der Waals surface area contributed by atoms with E-state index in [1.807, 2.05) is 4.90 Å². The first-order chi connectivity index (χ1) is 11.4. The summed E-state index contributed by atoms with van der Waals surface area (Å²) in [6, 6.07) is 2.45. The van der Waals surface area contributed by atoms with Crippen molar-refractivity contribution in [3.63, 3.8) is 0 Å². The smallest absolute Gasteiger partial charge is 0.304 e. The fraction of sp³-hybridized carbons (Fsp3) is 0.533. The zero-order valence-electron chi connectivity index (χ0n) is 13.0. The van der Waals surface area contributed by atoms with Crippen LogP contribution in [0, 0.1) is 0 Å². The molecule has 2 saturated heterocycles. The minimum Gasteiger partial charge on any atom is -0.481 e. The highest BCUT2D eigenvalue weighted by molar-refractivity contribution is 7.91. The van der Waals surface area contributed by atoms with Crippen LogP contribution in [0.2, 0.25) is 0 Å². The second-order valence-electron chi connectivity index (χ2n) is 6.13. The van der Waals surface area contributed by atoms with Gasteiger partial charge in [-0.1, -0.05) is 0 Å². The SMILES string of the molecule is O=C(O)CCN1CCN(C(=O)c2ccncc2)[C@@H]2CS(=O)(=O)C[C@@H]21. The lowest BCUT2D eigenvalue weighted by molar-refractivity contribution is -0.137. The number of piperazine rings is 1. The van der Waals surface area contributed by atoms with E-state index in [1.54, 1.807) is 17.0 Å². The van der Waals surface area contributed by atoms with Gasteiger partial charge in [-0.05, 0) is 12.1 Å². The van der Waals surface area contributed by atoms with Crippen LogP contribution in [0.15, 0.2) is 24.5 Å². The summed E-state index contributed by atoms with van der Waals surface area (Å²) in [7, 11) is -3.24. The van der Waals surface area contributed by atoms with Gasteiger partial charge in [0.15, 0.2) is 9.84 Å². The van der Waals surface area contributed by atoms with Crippen molar-refractivity contribution in [3.8, 4) is 0 Å². The summed E-state index contributed by atoms with van der Waals surface area (Å²) >= 11 is 0. The Bertz CT molecular complexity index is 737. The molecule has 0 aliphatic carbocycles. The number of amides is 1. The Hall–Kier alpha value is -2.00. The highest BCUT2D eigenvalue weighted by Crippen LogP contribution is 2.28. The molecule has 24 heavy (non-hydrogen) atoms. The van der Waals surface area contributed by atoms with Gasteiger partial charge in [0, 0.05) is 43.6 Å². The molecule has 0 unspecified atom stereocenters. The molecule has 9 heteroatoms. The molecule has 0 saturated carbocycles. The van der Waals surface area contributed by atoms with Crippen LogP contribution in [0.5, 0.6) is 0 Å². The van der Waals surface area contributed by atoms with Gasteiger partial charge < -0.3 is 10.0 Å². The molecule has 2 aliphatic rings. The number of carbonyl (C=O) groups is 2. The molecule has 8 nitrogen and oxygen atoms in total. The number of hydrogen-bond acceptors (Lipinski definition) is 6. The predicted molar refractivity (Wildman–Crippen MR) is 85.3 cm³/mol. The van der Waals surface area contributed by atoms with E-state index in [4.69, 9.17) is 5.11 Å². The number of carboxylic acid groups (broad SMARTS) is 1. The van der Waals surface area contributed by atoms with Gasteiger partial charge in [0.2, 0.25) is 0 Å². The molecule has 2 aliphatic heterocycles. The lowest BCUT2D eigenvalue weighted by Gasteiger charge is -2.43. The molecule has 2 atom stereocenters. The molecule has 0 spiro atoms. The second kappa shape index (κ2) is 6.48. The summed E-state index contributed by atoms with van der Waals surface area (Å²) < 4.78 is 24.2. The van der Waals surface area contributed by atoms with Gasteiger partial charge in [-0.2, -0.15) is 0 Å². The number of fused-ring (bicyclic) bond motifs is 1. The molecule has 1 N–H and O–H groups in total. The van der Waals surface area contributed by atoms with Crippen LogP contribution in [-0.4, -0.2) is 83.4 Å². The van der Waals surface area contributed by atoms with E-state index >= 15 is 0 Å². The van der Waals surface area contributed by atoms with Crippen LogP contribution in [0.3, 0.4) is 0 Å². The Morgan fingerprint density at radius 2 is 1.83 bits per heavy atom. The molecule has 1 amide bonds. The standard InChI is InChI=1S/C15H19N3O5S/c19-14(20)3-6-17-7-8-18(13-10-24(22,23)9-12(13)17)15(21)11-1-4-16-5-2-11/h1-2,4-5,12-13H,3,6-10H2,(H,19,20)/t12-,13+/m0/s1. The highest BCUT2D eigenvalue weighted by Gasteiger charge is 2.47. The Balaban J connectivity index is 1.82. The molecule has 1 aromatic heterocycles. The molecule has 130 valence electrons. The predicted octanol–water partition coefficient (Wildman–Crippen LogP) is -0.520. The Morgan fingerprint density at radius 3 is 2.50 bits per heavy atom. The van der Waals surface area contributed by atoms with Gasteiger partial charge in [-0.3, -0.25) is 19.5 Å². The van der Waals surface area contributed by atoms with Crippen molar-refractivity contribution in [2.45, 2.75) is 18.5 Å². The normalized spacial score (nSPS) is 26.1. The van der Waals surface area contributed by atoms with E-state index in [1.165, 1.54) is 12.4 Å². The number of nitrogens with zero attached hydrogens (tertiary/aromatic N) is 3. The van der Waals surface area contributed by atoms with E-state index in [0.717, 1.165) is 0 Å². The van der Waals surface area contributed by atoms with Crippen molar-refractivity contribution in [2.75, 3.05) is 31.1 Å². The highest BCUT2D eigenvalue weighted by atomic mass is 32.2. The topological polar surface area (TPSA) is 108 Å². The van der Waals surface area contributed by atoms with Crippen molar-refractivity contribution in [1.29, 1.82) is 0 Å². The van der Waals surface area contributed by atoms with Gasteiger partial charge in [0.1, 0.15) is 0 Å². The Morgan fingerprint density at radius 1 is 1.17 bits per heavy atom. The van der Waals surface area contributed by atoms with Crippen LogP contribution in [0.4, 0.5) is 0 Å². The zero-order valence-corrected chi connectivity index (χ0v) is 13.9. The number of rotatable bonds is 4. The third-order valence-electron chi connectivity index (χ3n) is 4.59. The van der Waals surface area contributed by atoms with Gasteiger partial charge in [-0.25, -0.2) is 8.42 Å². The molecule has 3 rings (SSSR count). The van der Waals surface area contributed by atoms with Gasteiger partial charge in [-0.15, -0.1) is 0 Å². The van der Waals surface area contributed by atoms with Crippen LogP contribution < -0.4 is 0 Å². The maximum absolute atomic E-state index is 12.7. The quantitative estimate of drug-likeness (QED) is 0.776. The molecular formula is C15H19N3O5S. The van der Waals surface area contributed by atoms with Crippen LogP contribution in [0.1, 0.15) is 16.8 Å². The number of sulfone groups is 1. The first-order valence-corrected chi connectivity index (χ1v) is 9.57. The van der Waals surface area contributed by atoms with Gasteiger partial charge >= 0.3 is 5.97 Å². The van der Waals surface area contributed by atoms with E-state index in [0.29, 0.717) is 25.2 Å². The van der Waals surface area contributed by atoms with Crippen molar-refractivity contribution in [1.82, 2.24) is 14.8 Å². The van der Waals surface area contributed by atoms with Gasteiger partial charge in [0.25, 0.3) is 5.91 Å². The van der Waals surface area contributed by atoms with E-state index in [9.17, 15) is 18.0 Å². The van der Waals surface area contributed by atoms with Crippen molar-refractivity contribution in [2.24, 2.45) is 0 Å². The van der Waals surface area contributed by atoms with Crippen molar-refractivity contribution >= 4 is 21.7 Å². The molecule has 0 radical (unpaired) electrons. The average molecular weight is 353 g/mol. The van der Waals surface area contributed by atoms with Crippen molar-refractivity contribution in [3.05, 3.63) is 30.1 Å². The molecular weight excluding hydrogens is 334 g/mol. The summed E-state index contributed by atoms with van der Waals surface area (Å²) in [4.78, 5) is 30.9. The number of carbonyl (C=O) groups excluding carboxylic acids is 1. The lowest BCUT2D eigenvalue weighted by Crippen LogP contribution is -2.60. The van der Waals surface area contributed by atoms with E-state index < -0.39 is 21.8 Å². The average Bonchev–Trinajstić information content (AvgIpc) is 2.87. The molecule has 2 fully saturated rings. The minimum absolute atomic E-state index is 0.0303. The fourth-order valence-corrected chi connectivity index (χ4v) is 5.47. The summed E-state index contributed by atoms with van der Waals surface area (Å²) in [6.45, 7) is 1.15. The number of aliphatic carboxylic acids is 1. The number of carboxylic acids is 1. The Labute approximate surface area is 140 Å². The first-order valence-electron chi connectivity index (χ1n) is 7.75. The maximum Gasteiger partial charge on any atom is 0.304 e. The minimum atomic E-state index is -3.24. The van der Waals surface area contributed by atoms with E-state index in [-0.39, 0.29) is 29.9 Å². The summed E-state index contributed by atoms with van der Waals surface area (Å²) in [5, 5.41) is 8.86. The van der Waals surface area contributed by atoms with E-state index in [2.05, 4.69) is 4.98 Å². The lowest BCUT2D eigenvalue weighted by atomic mass is 10.0. The number of pyridine rings is 1. The number of aromatic nitrogens is 1. The van der Waals surface area contributed by atoms with Crippen LogP contribution in [0.25, 0.3) is 0 Å². The fourth-order valence-electron chi connectivity index (χ4n) is 3.45. The monoisotopic (exact) mass is 353 g/mol. The summed E-state index contributed by atoms with van der Waals surface area (Å²) in [6.07, 6.45) is 3.01. The summed E-state index contributed by atoms with van der Waals surface area (Å²) in [5.41, 5.74) is 0.479. The number of hydrogen-bond donors (Lipinski definition) is 1.